The van der Waals surface area contributed by atoms with Gasteiger partial charge < -0.3 is 0 Å². The monoisotopic (exact) mass is 817 g/mol. The molecule has 0 fully saturated rings. The zero-order chi connectivity index (χ0) is 35.0. The average Bonchev–Trinajstić information content (AvgIpc) is 3.60. The van der Waals surface area contributed by atoms with Crippen LogP contribution in [0.15, 0.2) is 71.8 Å². The van der Waals surface area contributed by atoms with E-state index in [-0.39, 0.29) is 10.8 Å². The van der Waals surface area contributed by atoms with Crippen molar-refractivity contribution in [3.8, 4) is 22.3 Å². The number of aryl methyl sites for hydroxylation is 2. The van der Waals surface area contributed by atoms with Crippen molar-refractivity contribution in [3.05, 3.63) is 127 Å². The van der Waals surface area contributed by atoms with E-state index < -0.39 is 26.6 Å². The van der Waals surface area contributed by atoms with Crippen LogP contribution in [0.1, 0.15) is 105 Å². The van der Waals surface area contributed by atoms with Gasteiger partial charge in [0.15, 0.2) is 0 Å². The minimum absolute atomic E-state index is 0.115. The molecule has 0 nitrogen and oxygen atoms in total. The molecule has 2 heteroatoms. The topological polar surface area (TPSA) is 0 Å². The number of hydrogen-bond donors (Lipinski definition) is 0. The summed E-state index contributed by atoms with van der Waals surface area (Å²) >= 11 is -2.58. The van der Waals surface area contributed by atoms with Gasteiger partial charge in [-0.3, -0.25) is 0 Å². The molecule has 0 radical (unpaired) electrons. The Hall–Kier alpha value is -2.55. The summed E-state index contributed by atoms with van der Waals surface area (Å²) in [6.07, 6.45) is 5.35. The summed E-state index contributed by atoms with van der Waals surface area (Å²) in [5.74, 6) is -1.03. The quantitative estimate of drug-likeness (QED) is 0.176. The Morgan fingerprint density at radius 2 is 0.854 bits per heavy atom. The van der Waals surface area contributed by atoms with Crippen LogP contribution in [0.3, 0.4) is 0 Å². The van der Waals surface area contributed by atoms with E-state index >= 15 is 0 Å². The van der Waals surface area contributed by atoms with Crippen molar-refractivity contribution in [3.63, 3.8) is 0 Å². The summed E-state index contributed by atoms with van der Waals surface area (Å²) in [6.45, 7) is 34.0. The molecule has 0 spiro atoms. The van der Waals surface area contributed by atoms with Crippen LogP contribution < -0.4 is 0 Å². The second-order valence-corrected chi connectivity index (χ2v) is 45.1. The second kappa shape index (κ2) is 12.6. The summed E-state index contributed by atoms with van der Waals surface area (Å²) in [4.78, 5) is 0. The Labute approximate surface area is 300 Å². The molecule has 0 amide bonds. The third-order valence-electron chi connectivity index (χ3n) is 11.9. The molecule has 0 saturated heterocycles. The molecule has 0 saturated carbocycles. The number of hydrogen-bond acceptors (Lipinski definition) is 0. The van der Waals surface area contributed by atoms with E-state index in [1.54, 1.807) is 22.3 Å². The van der Waals surface area contributed by atoms with Crippen molar-refractivity contribution in [2.24, 2.45) is 10.8 Å². The van der Waals surface area contributed by atoms with E-state index in [2.05, 4.69) is 169 Å². The van der Waals surface area contributed by atoms with E-state index in [4.69, 9.17) is 0 Å². The Kier molecular flexibility index (Phi) is 9.30. The Morgan fingerprint density at radius 3 is 1.19 bits per heavy atom. The zero-order valence-electron chi connectivity index (χ0n) is 32.2. The number of rotatable bonds is 5. The molecular formula is C46H57HfSi. The van der Waals surface area contributed by atoms with Crippen LogP contribution in [-0.4, -0.2) is 5.98 Å². The average molecular weight is 817 g/mol. The third kappa shape index (κ3) is 5.87. The van der Waals surface area contributed by atoms with E-state index in [1.807, 2.05) is 0 Å². The van der Waals surface area contributed by atoms with Gasteiger partial charge in [0.25, 0.3) is 0 Å². The summed E-state index contributed by atoms with van der Waals surface area (Å²) in [6, 6.07) is 24.0. The third-order valence-corrected chi connectivity index (χ3v) is 42.3. The van der Waals surface area contributed by atoms with Crippen molar-refractivity contribution in [2.75, 3.05) is 0 Å². The van der Waals surface area contributed by atoms with Gasteiger partial charge in [0.05, 0.1) is 0 Å². The Bertz CT molecular complexity index is 1850. The first-order chi connectivity index (χ1) is 22.4. The molecule has 4 aromatic carbocycles. The molecule has 2 aliphatic rings. The van der Waals surface area contributed by atoms with E-state index in [9.17, 15) is 0 Å². The molecule has 0 aliphatic heterocycles. The van der Waals surface area contributed by atoms with Crippen LogP contribution in [-0.2, 0) is 20.6 Å². The first kappa shape index (κ1) is 35.3. The summed E-state index contributed by atoms with van der Waals surface area (Å²) in [5, 5.41) is 0. The van der Waals surface area contributed by atoms with Gasteiger partial charge in [-0.15, -0.1) is 0 Å². The molecule has 48 heavy (non-hydrogen) atoms. The van der Waals surface area contributed by atoms with Gasteiger partial charge in [-0.1, -0.05) is 0 Å². The zero-order valence-corrected chi connectivity index (χ0v) is 36.9. The fourth-order valence-corrected chi connectivity index (χ4v) is 42.1. The fourth-order valence-electron chi connectivity index (χ4n) is 8.62. The van der Waals surface area contributed by atoms with Crippen molar-refractivity contribution in [1.29, 1.82) is 0 Å². The van der Waals surface area contributed by atoms with Crippen molar-refractivity contribution in [1.82, 2.24) is 0 Å². The Morgan fingerprint density at radius 1 is 0.479 bits per heavy atom. The van der Waals surface area contributed by atoms with Crippen LogP contribution in [0.5, 0.6) is 0 Å². The molecule has 4 aromatic rings. The van der Waals surface area contributed by atoms with Crippen molar-refractivity contribution >= 4 is 18.1 Å². The van der Waals surface area contributed by atoms with Gasteiger partial charge >= 0.3 is 303 Å². The Balaban J connectivity index is 1.59. The first-order valence-electron chi connectivity index (χ1n) is 18.1. The number of benzene rings is 4. The fraction of sp³-hybridized carbons (Fsp3) is 0.391. The summed E-state index contributed by atoms with van der Waals surface area (Å²) < 4.78 is 1.22. The molecule has 2 aliphatic carbocycles. The SMILES string of the molecule is Cc1ccc(-c2cccc3c2C=C(C(C)(C)C)[CH]3[Hf]([CH]2C(C(C)(C)C)=Cc3c(-c4ccc(C)c(C)c4C)cccc32)[SiH](C)C)c(C)c1C. The van der Waals surface area contributed by atoms with Crippen molar-refractivity contribution < 1.29 is 20.6 Å². The molecular weight excluding hydrogens is 759 g/mol. The summed E-state index contributed by atoms with van der Waals surface area (Å²) in [7, 11) is 0. The predicted octanol–water partition coefficient (Wildman–Crippen LogP) is 13.1. The first-order valence-corrected chi connectivity index (χ1v) is 31.4. The molecule has 0 heterocycles. The molecule has 6 rings (SSSR count). The minimum atomic E-state index is -2.58. The van der Waals surface area contributed by atoms with Crippen LogP contribution >= 0.6 is 0 Å². The van der Waals surface area contributed by atoms with E-state index in [0.29, 0.717) is 7.35 Å². The molecule has 0 bridgehead atoms. The van der Waals surface area contributed by atoms with Gasteiger partial charge in [-0.2, -0.15) is 0 Å². The van der Waals surface area contributed by atoms with Gasteiger partial charge in [0.1, 0.15) is 0 Å². The van der Waals surface area contributed by atoms with Crippen LogP contribution in [0.4, 0.5) is 0 Å². The van der Waals surface area contributed by atoms with Gasteiger partial charge in [0.2, 0.25) is 0 Å². The van der Waals surface area contributed by atoms with Crippen LogP contribution in [0.25, 0.3) is 34.4 Å². The van der Waals surface area contributed by atoms with Gasteiger partial charge in [-0.05, 0) is 0 Å². The van der Waals surface area contributed by atoms with Gasteiger partial charge in [0, 0.05) is 0 Å². The molecule has 2 unspecified atom stereocenters. The molecule has 2 atom stereocenters. The molecule has 249 valence electrons. The normalized spacial score (nSPS) is 17.4. The molecule has 0 N–H and O–H groups in total. The second-order valence-electron chi connectivity index (χ2n) is 17.2. The van der Waals surface area contributed by atoms with Gasteiger partial charge in [-0.25, -0.2) is 0 Å². The van der Waals surface area contributed by atoms with E-state index in [0.717, 1.165) is 0 Å². The standard InChI is InChI=1S/2C22H25.C2H7Si.Hf/c2*1-14-10-11-19(16(3)15(14)2)20-9-7-8-17-12-18(13-21(17)20)22(4,5)6;1-3-2;/h2*7-13H,1-6H3;3H,1-2H3;. The van der Waals surface area contributed by atoms with Crippen LogP contribution in [0.2, 0.25) is 13.1 Å². The number of fused-ring (bicyclic) bond motifs is 2. The van der Waals surface area contributed by atoms with Crippen molar-refractivity contribution in [2.45, 2.75) is 104 Å². The maximum atomic E-state index is 2.72. The predicted molar refractivity (Wildman–Crippen MR) is 211 cm³/mol. The summed E-state index contributed by atoms with van der Waals surface area (Å²) in [5.41, 5.74) is 24.1. The molecule has 0 aromatic heterocycles. The van der Waals surface area contributed by atoms with Crippen LogP contribution in [0, 0.1) is 52.4 Å². The van der Waals surface area contributed by atoms with E-state index in [1.165, 1.54) is 66.8 Å². The maximum absolute atomic E-state index is 2.72. The number of allylic oxidation sites excluding steroid dienone is 2.